The Kier molecular flexibility index (Phi) is 6.29. The Morgan fingerprint density at radius 2 is 2.00 bits per heavy atom. The average Bonchev–Trinajstić information content (AvgIpc) is 3.05. The molecule has 1 aromatic carbocycles. The number of benzene rings is 1. The minimum Gasteiger partial charge on any atom is -0.486 e. The molecule has 1 saturated heterocycles. The highest BCUT2D eigenvalue weighted by Gasteiger charge is 2.50. The van der Waals surface area contributed by atoms with Gasteiger partial charge in [-0.2, -0.15) is 9.57 Å². The van der Waals surface area contributed by atoms with Gasteiger partial charge in [0.1, 0.15) is 35.1 Å². The second-order valence-electron chi connectivity index (χ2n) is 6.85. The van der Waals surface area contributed by atoms with Gasteiger partial charge in [0.25, 0.3) is 10.0 Å². The van der Waals surface area contributed by atoms with E-state index in [0.717, 1.165) is 28.6 Å². The van der Waals surface area contributed by atoms with Gasteiger partial charge < -0.3 is 20.3 Å². The lowest BCUT2D eigenvalue weighted by Gasteiger charge is -2.27. The molecule has 2 heterocycles. The van der Waals surface area contributed by atoms with E-state index in [1.54, 1.807) is 6.07 Å². The van der Waals surface area contributed by atoms with E-state index in [9.17, 15) is 31.1 Å². The van der Waals surface area contributed by atoms with Crippen LogP contribution in [0.2, 0.25) is 0 Å². The molecule has 3 rings (SSSR count). The topological polar surface area (TPSA) is 139 Å². The molecule has 1 aliphatic rings. The lowest BCUT2D eigenvalue weighted by molar-refractivity contribution is -0.274. The molecule has 0 spiro atoms. The first-order valence-corrected chi connectivity index (χ1v) is 10.3. The zero-order valence-electron chi connectivity index (χ0n) is 16.1. The van der Waals surface area contributed by atoms with E-state index in [4.69, 9.17) is 15.7 Å². The first-order chi connectivity index (χ1) is 14.9. The fourth-order valence-electron chi connectivity index (χ4n) is 3.02. The molecule has 32 heavy (non-hydrogen) atoms. The van der Waals surface area contributed by atoms with E-state index in [2.05, 4.69) is 9.72 Å². The van der Waals surface area contributed by atoms with Crippen molar-refractivity contribution >= 4 is 10.0 Å². The number of ether oxygens (including phenoxy) is 2. The van der Waals surface area contributed by atoms with Gasteiger partial charge in [-0.3, -0.25) is 0 Å². The van der Waals surface area contributed by atoms with Crippen LogP contribution < -0.4 is 15.2 Å². The molecule has 14 heteroatoms. The number of hydrogen-bond donors (Lipinski definition) is 2. The molecular formula is C18H16F4N4O5S. The number of halogens is 4. The molecule has 0 amide bonds. The fraction of sp³-hybridized carbons (Fsp3) is 0.333. The van der Waals surface area contributed by atoms with Gasteiger partial charge in [0, 0.05) is 19.2 Å². The number of hydrogen-bond acceptors (Lipinski definition) is 8. The Bertz CT molecular complexity index is 1140. The van der Waals surface area contributed by atoms with Gasteiger partial charge in [-0.15, -0.1) is 13.2 Å². The van der Waals surface area contributed by atoms with Gasteiger partial charge in [-0.25, -0.2) is 17.8 Å². The van der Waals surface area contributed by atoms with Crippen LogP contribution in [0.5, 0.6) is 11.5 Å². The number of nitrogens with two attached hydrogens (primary N) is 1. The molecule has 0 unspecified atom stereocenters. The number of β-amino-alcohol motifs (C(OH)–C–C–N with tert-alkyl or cyclic N) is 1. The van der Waals surface area contributed by atoms with E-state index < -0.39 is 64.3 Å². The van der Waals surface area contributed by atoms with Gasteiger partial charge in [0.2, 0.25) is 0 Å². The molecule has 1 aromatic heterocycles. The summed E-state index contributed by atoms with van der Waals surface area (Å²) in [7, 11) is -4.35. The molecule has 1 aliphatic heterocycles. The second kappa shape index (κ2) is 8.51. The van der Waals surface area contributed by atoms with Crippen molar-refractivity contribution in [3.63, 3.8) is 0 Å². The molecule has 0 bridgehead atoms. The van der Waals surface area contributed by atoms with Crippen LogP contribution in [0.3, 0.4) is 0 Å². The molecule has 0 radical (unpaired) electrons. The van der Waals surface area contributed by atoms with Gasteiger partial charge in [-0.05, 0) is 24.3 Å². The predicted octanol–water partition coefficient (Wildman–Crippen LogP) is 1.13. The first-order valence-electron chi connectivity index (χ1n) is 8.89. The molecule has 1 fully saturated rings. The van der Waals surface area contributed by atoms with Crippen molar-refractivity contribution in [1.29, 1.82) is 5.26 Å². The van der Waals surface area contributed by atoms with Crippen molar-refractivity contribution in [3.05, 3.63) is 47.9 Å². The zero-order chi connectivity index (χ0) is 23.7. The van der Waals surface area contributed by atoms with Crippen molar-refractivity contribution in [2.45, 2.75) is 23.1 Å². The lowest BCUT2D eigenvalue weighted by Crippen LogP contribution is -2.50. The van der Waals surface area contributed by atoms with E-state index in [1.807, 2.05) is 0 Å². The van der Waals surface area contributed by atoms with Crippen LogP contribution in [-0.4, -0.2) is 60.5 Å². The number of aliphatic hydroxyl groups is 1. The summed E-state index contributed by atoms with van der Waals surface area (Å²) >= 11 is 0. The maximum absolute atomic E-state index is 13.8. The molecule has 0 saturated carbocycles. The van der Waals surface area contributed by atoms with Crippen LogP contribution in [0.4, 0.5) is 17.6 Å². The standard InChI is InChI=1S/C18H16F4N4O5S/c19-14-5-12(2-1-11(14)6-23)30-15-8-26(10-17(15,27)9-24)32(28,29)16-4-3-13(7-25-16)31-18(20,21)22/h1-5,7,15,27H,8-10,24H2/t15-,17-/m0/s1. The summed E-state index contributed by atoms with van der Waals surface area (Å²) in [6.07, 6.45) is -5.58. The number of sulfonamides is 1. The summed E-state index contributed by atoms with van der Waals surface area (Å²) in [6.45, 7) is -1.31. The predicted molar refractivity (Wildman–Crippen MR) is 99.2 cm³/mol. The summed E-state index contributed by atoms with van der Waals surface area (Å²) in [5.74, 6) is -1.64. The van der Waals surface area contributed by atoms with Gasteiger partial charge in [0.15, 0.2) is 5.03 Å². The summed E-state index contributed by atoms with van der Waals surface area (Å²) in [4.78, 5) is 3.50. The Balaban J connectivity index is 1.81. The van der Waals surface area contributed by atoms with E-state index in [-0.39, 0.29) is 11.3 Å². The maximum Gasteiger partial charge on any atom is 0.573 e. The number of aromatic nitrogens is 1. The second-order valence-corrected chi connectivity index (χ2v) is 8.73. The maximum atomic E-state index is 13.8. The Morgan fingerprint density at radius 1 is 1.31 bits per heavy atom. The summed E-state index contributed by atoms with van der Waals surface area (Å²) in [5, 5.41) is 19.0. The zero-order valence-corrected chi connectivity index (χ0v) is 16.9. The van der Waals surface area contributed by atoms with E-state index >= 15 is 0 Å². The van der Waals surface area contributed by atoms with Gasteiger partial charge >= 0.3 is 6.36 Å². The highest BCUT2D eigenvalue weighted by molar-refractivity contribution is 7.89. The molecule has 2 atom stereocenters. The number of nitrogens with zero attached hydrogens (tertiary/aromatic N) is 3. The third-order valence-electron chi connectivity index (χ3n) is 4.66. The third-order valence-corrected chi connectivity index (χ3v) is 6.39. The van der Waals surface area contributed by atoms with Crippen LogP contribution in [-0.2, 0) is 10.0 Å². The highest BCUT2D eigenvalue weighted by Crippen LogP contribution is 2.31. The molecule has 2 aromatic rings. The van der Waals surface area contributed by atoms with E-state index in [0.29, 0.717) is 6.20 Å². The summed E-state index contributed by atoms with van der Waals surface area (Å²) in [6, 6.07) is 6.59. The Labute approximate surface area is 179 Å². The quantitative estimate of drug-likeness (QED) is 0.592. The lowest BCUT2D eigenvalue weighted by atomic mass is 10.0. The summed E-state index contributed by atoms with van der Waals surface area (Å²) < 4.78 is 86.4. The number of alkyl halides is 3. The van der Waals surface area contributed by atoms with Crippen molar-refractivity contribution < 1.29 is 40.6 Å². The molecule has 172 valence electrons. The largest absolute Gasteiger partial charge is 0.573 e. The van der Waals surface area contributed by atoms with Crippen LogP contribution in [0.15, 0.2) is 41.6 Å². The smallest absolute Gasteiger partial charge is 0.486 e. The molecular weight excluding hydrogens is 460 g/mol. The molecule has 9 nitrogen and oxygen atoms in total. The van der Waals surface area contributed by atoms with Crippen molar-refractivity contribution in [3.8, 4) is 17.6 Å². The minimum atomic E-state index is -4.97. The average molecular weight is 476 g/mol. The Hall–Kier alpha value is -2.99. The molecule has 0 aliphatic carbocycles. The number of rotatable bonds is 6. The molecule has 3 N–H and O–H groups in total. The van der Waals surface area contributed by atoms with Crippen LogP contribution in [0.25, 0.3) is 0 Å². The van der Waals surface area contributed by atoms with Crippen LogP contribution >= 0.6 is 0 Å². The Morgan fingerprint density at radius 3 is 2.53 bits per heavy atom. The SMILES string of the molecule is N#Cc1ccc(O[C@H]2CN(S(=O)(=O)c3ccc(OC(F)(F)F)cn3)C[C@@]2(O)CN)cc1F. The van der Waals surface area contributed by atoms with Crippen molar-refractivity contribution in [2.75, 3.05) is 19.6 Å². The normalized spacial score (nSPS) is 21.8. The van der Waals surface area contributed by atoms with Crippen molar-refractivity contribution in [2.24, 2.45) is 5.73 Å². The van der Waals surface area contributed by atoms with Gasteiger partial charge in [-0.1, -0.05) is 0 Å². The monoisotopic (exact) mass is 476 g/mol. The minimum absolute atomic E-state index is 0.0654. The first kappa shape index (κ1) is 23.7. The fourth-order valence-corrected chi connectivity index (χ4v) is 4.44. The highest BCUT2D eigenvalue weighted by atomic mass is 32.2. The van der Waals surface area contributed by atoms with Crippen LogP contribution in [0, 0.1) is 17.1 Å². The third kappa shape index (κ3) is 4.91. The number of pyridine rings is 1. The van der Waals surface area contributed by atoms with Crippen molar-refractivity contribution in [1.82, 2.24) is 9.29 Å². The summed E-state index contributed by atoms with van der Waals surface area (Å²) in [5.41, 5.74) is 3.52. The van der Waals surface area contributed by atoms with Crippen LogP contribution in [0.1, 0.15) is 5.56 Å². The van der Waals surface area contributed by atoms with Gasteiger partial charge in [0.05, 0.1) is 18.3 Å². The number of nitriles is 1. The van der Waals surface area contributed by atoms with E-state index in [1.165, 1.54) is 6.07 Å².